The van der Waals surface area contributed by atoms with E-state index in [0.29, 0.717) is 0 Å². The molecule has 2 aliphatic heterocycles. The summed E-state index contributed by atoms with van der Waals surface area (Å²) >= 11 is 1.45. The lowest BCUT2D eigenvalue weighted by molar-refractivity contribution is -0.121. The number of aliphatic imine (C=N–C) groups is 1. The highest BCUT2D eigenvalue weighted by molar-refractivity contribution is 8.18. The van der Waals surface area contributed by atoms with Gasteiger partial charge in [0.05, 0.1) is 10.6 Å². The number of benzene rings is 2. The Morgan fingerprint density at radius 2 is 1.90 bits per heavy atom. The van der Waals surface area contributed by atoms with Gasteiger partial charge in [0.1, 0.15) is 0 Å². The number of hydrogen-bond acceptors (Lipinski definition) is 4. The number of nitrogens with zero attached hydrogens (tertiary/aromatic N) is 3. The van der Waals surface area contributed by atoms with Gasteiger partial charge >= 0.3 is 0 Å². The Morgan fingerprint density at radius 3 is 2.62 bits per heavy atom. The van der Waals surface area contributed by atoms with Crippen molar-refractivity contribution >= 4 is 40.3 Å². The van der Waals surface area contributed by atoms with Crippen LogP contribution in [0.5, 0.6) is 0 Å². The van der Waals surface area contributed by atoms with Crippen LogP contribution >= 0.6 is 11.8 Å². The average molecular weight is 406 g/mol. The fourth-order valence-corrected chi connectivity index (χ4v) is 4.78. The molecule has 0 saturated carbocycles. The standard InChI is InChI=1S/C24H27N3OS/c1-4-18-9-5-6-10-21(18)25-24-26(3)23(28)22(29-24)16-19-11-12-20(15-17(19)2)27-13-7-8-14-27/h5-6,9-12,15-16H,4,7-8,13-14H2,1-3H3/b22-16-,25-24?. The Balaban J connectivity index is 1.60. The maximum absolute atomic E-state index is 12.8. The summed E-state index contributed by atoms with van der Waals surface area (Å²) in [6.07, 6.45) is 5.46. The molecule has 2 aliphatic rings. The molecule has 0 N–H and O–H groups in total. The van der Waals surface area contributed by atoms with Crippen LogP contribution in [0.1, 0.15) is 36.5 Å². The molecule has 0 aliphatic carbocycles. The second-order valence-electron chi connectivity index (χ2n) is 7.59. The van der Waals surface area contributed by atoms with Gasteiger partial charge in [0.25, 0.3) is 5.91 Å². The third-order valence-corrected chi connectivity index (χ3v) is 6.66. The highest BCUT2D eigenvalue weighted by Crippen LogP contribution is 2.35. The van der Waals surface area contributed by atoms with Crippen LogP contribution in [0.3, 0.4) is 0 Å². The third-order valence-electron chi connectivity index (χ3n) is 5.60. The van der Waals surface area contributed by atoms with Crippen LogP contribution in [0.4, 0.5) is 11.4 Å². The van der Waals surface area contributed by atoms with Gasteiger partial charge in [-0.25, -0.2) is 4.99 Å². The number of hydrogen-bond donors (Lipinski definition) is 0. The lowest BCUT2D eigenvalue weighted by atomic mass is 10.1. The monoisotopic (exact) mass is 405 g/mol. The minimum absolute atomic E-state index is 0.00532. The molecule has 0 radical (unpaired) electrons. The van der Waals surface area contributed by atoms with Crippen LogP contribution in [0.15, 0.2) is 52.4 Å². The molecule has 1 amide bonds. The normalized spacial score (nSPS) is 19.8. The van der Waals surface area contributed by atoms with Crippen molar-refractivity contribution in [2.75, 3.05) is 25.0 Å². The van der Waals surface area contributed by atoms with Gasteiger partial charge in [-0.1, -0.05) is 31.2 Å². The van der Waals surface area contributed by atoms with Crippen molar-refractivity contribution in [2.45, 2.75) is 33.1 Å². The van der Waals surface area contributed by atoms with Crippen LogP contribution in [0.2, 0.25) is 0 Å². The fourth-order valence-electron chi connectivity index (χ4n) is 3.81. The lowest BCUT2D eigenvalue weighted by Crippen LogP contribution is -2.23. The second-order valence-corrected chi connectivity index (χ2v) is 8.60. The summed E-state index contributed by atoms with van der Waals surface area (Å²) in [7, 11) is 1.80. The van der Waals surface area contributed by atoms with Gasteiger partial charge in [0.2, 0.25) is 0 Å². The summed E-state index contributed by atoms with van der Waals surface area (Å²) in [4.78, 5) is 22.4. The Labute approximate surface area is 177 Å². The van der Waals surface area contributed by atoms with E-state index >= 15 is 0 Å². The highest BCUT2D eigenvalue weighted by Gasteiger charge is 2.30. The van der Waals surface area contributed by atoms with Crippen LogP contribution in [-0.4, -0.2) is 36.1 Å². The van der Waals surface area contributed by atoms with Gasteiger partial charge in [-0.15, -0.1) is 0 Å². The molecule has 0 unspecified atom stereocenters. The number of thioether (sulfide) groups is 1. The van der Waals surface area contributed by atoms with Crippen molar-refractivity contribution in [2.24, 2.45) is 4.99 Å². The topological polar surface area (TPSA) is 35.9 Å². The number of carbonyl (C=O) groups is 1. The number of aryl methyl sites for hydroxylation is 2. The fraction of sp³-hybridized carbons (Fsp3) is 0.333. The van der Waals surface area contributed by atoms with Crippen LogP contribution in [-0.2, 0) is 11.2 Å². The summed E-state index contributed by atoms with van der Waals surface area (Å²) in [6.45, 7) is 6.51. The van der Waals surface area contributed by atoms with E-state index in [4.69, 9.17) is 4.99 Å². The van der Waals surface area contributed by atoms with Crippen molar-refractivity contribution in [1.82, 2.24) is 4.90 Å². The first-order valence-electron chi connectivity index (χ1n) is 10.3. The summed E-state index contributed by atoms with van der Waals surface area (Å²) in [5, 5.41) is 0.730. The number of likely N-dealkylation sites (N-methyl/N-ethyl adjacent to an activating group) is 1. The molecule has 2 fully saturated rings. The number of amidine groups is 1. The van der Waals surface area contributed by atoms with Crippen molar-refractivity contribution in [3.63, 3.8) is 0 Å². The molecule has 4 nitrogen and oxygen atoms in total. The Bertz CT molecular complexity index is 989. The minimum Gasteiger partial charge on any atom is -0.372 e. The molecule has 150 valence electrons. The highest BCUT2D eigenvalue weighted by atomic mass is 32.2. The molecule has 29 heavy (non-hydrogen) atoms. The number of anilines is 1. The number of carbonyl (C=O) groups excluding carboxylic acids is 1. The van der Waals surface area contributed by atoms with Crippen molar-refractivity contribution < 1.29 is 4.79 Å². The molecule has 0 atom stereocenters. The van der Waals surface area contributed by atoms with Gasteiger partial charge in [-0.3, -0.25) is 9.69 Å². The number of amides is 1. The van der Waals surface area contributed by atoms with Crippen LogP contribution < -0.4 is 4.90 Å². The molecule has 2 heterocycles. The average Bonchev–Trinajstić information content (AvgIpc) is 3.35. The summed E-state index contributed by atoms with van der Waals surface area (Å²) in [6, 6.07) is 14.6. The molecular weight excluding hydrogens is 378 g/mol. The Morgan fingerprint density at radius 1 is 1.14 bits per heavy atom. The predicted octanol–water partition coefficient (Wildman–Crippen LogP) is 5.39. The summed E-state index contributed by atoms with van der Waals surface area (Å²) in [5.41, 5.74) is 5.69. The molecule has 0 aromatic heterocycles. The van der Waals surface area contributed by atoms with Gasteiger partial charge < -0.3 is 4.90 Å². The quantitative estimate of drug-likeness (QED) is 0.640. The number of rotatable bonds is 4. The minimum atomic E-state index is 0.00532. The van der Waals surface area contributed by atoms with Crippen molar-refractivity contribution in [3.05, 3.63) is 64.1 Å². The largest absolute Gasteiger partial charge is 0.372 e. The van der Waals surface area contributed by atoms with Crippen LogP contribution in [0.25, 0.3) is 6.08 Å². The maximum atomic E-state index is 12.8. The third kappa shape index (κ3) is 4.10. The Hall–Kier alpha value is -2.53. The van der Waals surface area contributed by atoms with E-state index < -0.39 is 0 Å². The van der Waals surface area contributed by atoms with Crippen molar-refractivity contribution in [1.29, 1.82) is 0 Å². The van der Waals surface area contributed by atoms with E-state index in [9.17, 15) is 4.79 Å². The van der Waals surface area contributed by atoms with Gasteiger partial charge in [-0.05, 0) is 78.9 Å². The number of para-hydroxylation sites is 1. The SMILES string of the molecule is CCc1ccccc1N=C1S/C(=C\c2ccc(N3CCCC3)cc2C)C(=O)N1C. The van der Waals surface area contributed by atoms with E-state index in [0.717, 1.165) is 40.8 Å². The van der Waals surface area contributed by atoms with E-state index in [1.807, 2.05) is 24.3 Å². The van der Waals surface area contributed by atoms with E-state index in [1.165, 1.54) is 41.4 Å². The first-order chi connectivity index (χ1) is 14.1. The van der Waals surface area contributed by atoms with Gasteiger partial charge in [0.15, 0.2) is 5.17 Å². The molecule has 5 heteroatoms. The van der Waals surface area contributed by atoms with Gasteiger partial charge in [-0.2, -0.15) is 0 Å². The van der Waals surface area contributed by atoms with Crippen LogP contribution in [0, 0.1) is 6.92 Å². The molecule has 0 spiro atoms. The lowest BCUT2D eigenvalue weighted by Gasteiger charge is -2.18. The maximum Gasteiger partial charge on any atom is 0.266 e. The zero-order valence-corrected chi connectivity index (χ0v) is 18.1. The van der Waals surface area contributed by atoms with Crippen molar-refractivity contribution in [3.8, 4) is 0 Å². The zero-order chi connectivity index (χ0) is 20.4. The summed E-state index contributed by atoms with van der Waals surface area (Å²) in [5.74, 6) is 0.00532. The first kappa shape index (κ1) is 19.8. The van der Waals surface area contributed by atoms with E-state index in [-0.39, 0.29) is 5.91 Å². The summed E-state index contributed by atoms with van der Waals surface area (Å²) < 4.78 is 0. The molecule has 0 bridgehead atoms. The first-order valence-corrected chi connectivity index (χ1v) is 11.1. The second kappa shape index (κ2) is 8.46. The smallest absolute Gasteiger partial charge is 0.266 e. The Kier molecular flexibility index (Phi) is 5.76. The van der Waals surface area contributed by atoms with E-state index in [2.05, 4.69) is 43.0 Å². The predicted molar refractivity (Wildman–Crippen MR) is 124 cm³/mol. The molecule has 4 rings (SSSR count). The molecular formula is C24H27N3OS. The van der Waals surface area contributed by atoms with Gasteiger partial charge in [0, 0.05) is 25.8 Å². The zero-order valence-electron chi connectivity index (χ0n) is 17.3. The molecule has 2 aromatic rings. The molecule has 2 saturated heterocycles. The molecule has 2 aromatic carbocycles. The van der Waals surface area contributed by atoms with E-state index in [1.54, 1.807) is 11.9 Å².